The molecule has 3 heteroatoms. The van der Waals surface area contributed by atoms with Crippen molar-refractivity contribution in [2.24, 2.45) is 10.8 Å². The molecule has 1 aliphatic heterocycles. The van der Waals surface area contributed by atoms with E-state index in [-0.39, 0.29) is 22.6 Å². The molecule has 0 radical (unpaired) electrons. The molecular weight excluding hydrogens is 166 g/mol. The van der Waals surface area contributed by atoms with Crippen molar-refractivity contribution < 1.29 is 9.59 Å². The summed E-state index contributed by atoms with van der Waals surface area (Å²) in [6, 6.07) is 0. The summed E-state index contributed by atoms with van der Waals surface area (Å²) < 4.78 is 0. The summed E-state index contributed by atoms with van der Waals surface area (Å²) in [4.78, 5) is 23.3. The van der Waals surface area contributed by atoms with Gasteiger partial charge in [0.1, 0.15) is 0 Å². The summed E-state index contributed by atoms with van der Waals surface area (Å²) in [5.74, 6) is 0.0342. The molecule has 0 aromatic carbocycles. The van der Waals surface area contributed by atoms with Gasteiger partial charge in [-0.1, -0.05) is 12.8 Å². The molecule has 2 aliphatic carbocycles. The van der Waals surface area contributed by atoms with Crippen molar-refractivity contribution in [2.45, 2.75) is 38.5 Å². The first-order valence-electron chi connectivity index (χ1n) is 5.07. The molecule has 3 nitrogen and oxygen atoms in total. The Morgan fingerprint density at radius 1 is 0.846 bits per heavy atom. The van der Waals surface area contributed by atoms with E-state index < -0.39 is 0 Å². The first-order chi connectivity index (χ1) is 6.21. The third-order valence-corrected chi connectivity index (χ3v) is 4.45. The van der Waals surface area contributed by atoms with Crippen molar-refractivity contribution >= 4 is 11.8 Å². The fraction of sp³-hybridized carbons (Fsp3) is 0.800. The molecule has 13 heavy (non-hydrogen) atoms. The predicted octanol–water partition coefficient (Wildman–Crippen LogP) is 0.983. The first-order valence-corrected chi connectivity index (χ1v) is 5.07. The highest BCUT2D eigenvalue weighted by Crippen LogP contribution is 2.67. The Hall–Kier alpha value is -0.860. The summed E-state index contributed by atoms with van der Waals surface area (Å²) in [5.41, 5.74) is -0.523. The van der Waals surface area contributed by atoms with E-state index in [0.717, 1.165) is 38.5 Å². The van der Waals surface area contributed by atoms with E-state index in [0.29, 0.717) is 0 Å². The van der Waals surface area contributed by atoms with Crippen molar-refractivity contribution in [3.8, 4) is 0 Å². The van der Waals surface area contributed by atoms with Crippen LogP contribution >= 0.6 is 0 Å². The van der Waals surface area contributed by atoms with Crippen molar-refractivity contribution in [1.82, 2.24) is 5.32 Å². The molecule has 0 aromatic rings. The second-order valence-electron chi connectivity index (χ2n) is 4.65. The van der Waals surface area contributed by atoms with E-state index in [1.54, 1.807) is 0 Å². The van der Waals surface area contributed by atoms with Gasteiger partial charge in [-0.3, -0.25) is 14.9 Å². The number of nitrogens with one attached hydrogen (secondary N) is 1. The van der Waals surface area contributed by atoms with E-state index >= 15 is 0 Å². The minimum absolute atomic E-state index is 0.0171. The van der Waals surface area contributed by atoms with E-state index in [1.807, 2.05) is 0 Å². The Morgan fingerprint density at radius 2 is 1.31 bits per heavy atom. The highest BCUT2D eigenvalue weighted by molar-refractivity contribution is 6.11. The molecule has 0 bridgehead atoms. The van der Waals surface area contributed by atoms with Crippen molar-refractivity contribution in [2.75, 3.05) is 0 Å². The number of amides is 2. The van der Waals surface area contributed by atoms with Crippen LogP contribution in [0.2, 0.25) is 0 Å². The number of imide groups is 1. The van der Waals surface area contributed by atoms with Gasteiger partial charge in [0, 0.05) is 0 Å². The number of rotatable bonds is 0. The van der Waals surface area contributed by atoms with Gasteiger partial charge in [0.25, 0.3) is 0 Å². The fourth-order valence-electron chi connectivity index (χ4n) is 3.54. The summed E-state index contributed by atoms with van der Waals surface area (Å²) in [6.45, 7) is 0. The van der Waals surface area contributed by atoms with Crippen LogP contribution in [0.25, 0.3) is 0 Å². The van der Waals surface area contributed by atoms with Crippen LogP contribution in [0.3, 0.4) is 0 Å². The third kappa shape index (κ3) is 0.578. The van der Waals surface area contributed by atoms with Crippen LogP contribution in [-0.2, 0) is 9.59 Å². The van der Waals surface area contributed by atoms with E-state index in [1.165, 1.54) is 0 Å². The molecule has 3 rings (SSSR count). The molecule has 1 heterocycles. The van der Waals surface area contributed by atoms with E-state index in [9.17, 15) is 9.59 Å². The van der Waals surface area contributed by atoms with Crippen LogP contribution in [0.15, 0.2) is 0 Å². The molecule has 0 aromatic heterocycles. The van der Waals surface area contributed by atoms with Gasteiger partial charge in [-0.25, -0.2) is 0 Å². The molecule has 0 spiro atoms. The molecule has 2 unspecified atom stereocenters. The quantitative estimate of drug-likeness (QED) is 0.563. The highest BCUT2D eigenvalue weighted by Gasteiger charge is 2.71. The number of carbonyl (C=O) groups is 2. The Balaban J connectivity index is 2.11. The van der Waals surface area contributed by atoms with Gasteiger partial charge < -0.3 is 0 Å². The van der Waals surface area contributed by atoms with E-state index in [2.05, 4.69) is 5.32 Å². The largest absolute Gasteiger partial charge is 0.295 e. The maximum atomic E-state index is 11.7. The van der Waals surface area contributed by atoms with E-state index in [4.69, 9.17) is 0 Å². The summed E-state index contributed by atoms with van der Waals surface area (Å²) in [5, 5.41) is 2.52. The molecule has 3 fully saturated rings. The SMILES string of the molecule is O=C1NC(=O)C23CCCCC12CC3. The highest BCUT2D eigenvalue weighted by atomic mass is 16.2. The maximum Gasteiger partial charge on any atom is 0.233 e. The minimum atomic E-state index is -0.262. The normalized spacial score (nSPS) is 47.7. The van der Waals surface area contributed by atoms with Gasteiger partial charge in [-0.2, -0.15) is 0 Å². The molecule has 2 amide bonds. The summed E-state index contributed by atoms with van der Waals surface area (Å²) >= 11 is 0. The van der Waals surface area contributed by atoms with Gasteiger partial charge in [0.05, 0.1) is 10.8 Å². The smallest absolute Gasteiger partial charge is 0.233 e. The Bertz CT molecular complexity index is 282. The standard InChI is InChI=1S/C10H13NO2/c12-7-9-3-1-2-4-10(9,6-5-9)8(13)11-7/h1-6H2,(H,11,12,13). The van der Waals surface area contributed by atoms with Gasteiger partial charge in [0.2, 0.25) is 11.8 Å². The number of hydrogen-bond acceptors (Lipinski definition) is 2. The van der Waals surface area contributed by atoms with Crippen LogP contribution in [-0.4, -0.2) is 11.8 Å². The Labute approximate surface area is 76.9 Å². The third-order valence-electron chi connectivity index (χ3n) is 4.45. The lowest BCUT2D eigenvalue weighted by atomic mass is 9.45. The first kappa shape index (κ1) is 7.54. The summed E-state index contributed by atoms with van der Waals surface area (Å²) in [7, 11) is 0. The number of hydrogen-bond donors (Lipinski definition) is 1. The minimum Gasteiger partial charge on any atom is -0.295 e. The van der Waals surface area contributed by atoms with Crippen molar-refractivity contribution in [1.29, 1.82) is 0 Å². The molecule has 1 saturated heterocycles. The summed E-state index contributed by atoms with van der Waals surface area (Å²) in [6.07, 6.45) is 5.97. The predicted molar refractivity (Wildman–Crippen MR) is 45.7 cm³/mol. The molecule has 70 valence electrons. The molecule has 2 saturated carbocycles. The van der Waals surface area contributed by atoms with Crippen LogP contribution in [0.1, 0.15) is 38.5 Å². The van der Waals surface area contributed by atoms with Crippen molar-refractivity contribution in [3.05, 3.63) is 0 Å². The van der Waals surface area contributed by atoms with Crippen molar-refractivity contribution in [3.63, 3.8) is 0 Å². The zero-order chi connectivity index (χ0) is 9.10. The van der Waals surface area contributed by atoms with Gasteiger partial charge >= 0.3 is 0 Å². The lowest BCUT2D eigenvalue weighted by molar-refractivity contribution is -0.157. The zero-order valence-electron chi connectivity index (χ0n) is 7.56. The molecule has 2 atom stereocenters. The topological polar surface area (TPSA) is 46.2 Å². The second-order valence-corrected chi connectivity index (χ2v) is 4.65. The average molecular weight is 179 g/mol. The monoisotopic (exact) mass is 179 g/mol. The molecule has 3 aliphatic rings. The molecule has 1 N–H and O–H groups in total. The zero-order valence-corrected chi connectivity index (χ0v) is 7.56. The van der Waals surface area contributed by atoms with Gasteiger partial charge in [0.15, 0.2) is 0 Å². The maximum absolute atomic E-state index is 11.7. The Kier molecular flexibility index (Phi) is 1.14. The second kappa shape index (κ2) is 1.97. The van der Waals surface area contributed by atoms with Gasteiger partial charge in [-0.05, 0) is 25.7 Å². The number of carbonyl (C=O) groups excluding carboxylic acids is 2. The van der Waals surface area contributed by atoms with Crippen LogP contribution in [0.5, 0.6) is 0 Å². The average Bonchev–Trinajstić information content (AvgIpc) is 2.22. The molecular formula is C10H13NO2. The van der Waals surface area contributed by atoms with Gasteiger partial charge in [-0.15, -0.1) is 0 Å². The van der Waals surface area contributed by atoms with Crippen LogP contribution in [0.4, 0.5) is 0 Å². The lowest BCUT2D eigenvalue weighted by Gasteiger charge is -2.54. The van der Waals surface area contributed by atoms with Crippen LogP contribution < -0.4 is 5.32 Å². The fourth-order valence-corrected chi connectivity index (χ4v) is 3.54. The Morgan fingerprint density at radius 3 is 1.69 bits per heavy atom. The van der Waals surface area contributed by atoms with Crippen LogP contribution in [0, 0.1) is 10.8 Å². The lowest BCUT2D eigenvalue weighted by Crippen LogP contribution is -2.55.